The molecule has 0 aromatic heterocycles. The van der Waals surface area contributed by atoms with Crippen molar-refractivity contribution in [1.82, 2.24) is 0 Å². The average Bonchev–Trinajstić information content (AvgIpc) is 2.40. The van der Waals surface area contributed by atoms with Crippen LogP contribution < -0.4 is 0 Å². The lowest BCUT2D eigenvalue weighted by Gasteiger charge is -2.33. The molecule has 102 valence electrons. The summed E-state index contributed by atoms with van der Waals surface area (Å²) in [6, 6.07) is 10.9. The van der Waals surface area contributed by atoms with E-state index in [4.69, 9.17) is 0 Å². The second-order valence-electron chi connectivity index (χ2n) is 5.72. The molecule has 0 bridgehead atoms. The van der Waals surface area contributed by atoms with Crippen molar-refractivity contribution in [3.05, 3.63) is 35.9 Å². The molecule has 1 nitrogen and oxygen atoms in total. The van der Waals surface area contributed by atoms with E-state index in [-0.39, 0.29) is 0 Å². The van der Waals surface area contributed by atoms with E-state index in [1.807, 2.05) is 0 Å². The Bertz CT molecular complexity index is 307. The highest BCUT2D eigenvalue weighted by atomic mass is 15.3. The molecule has 0 fully saturated rings. The monoisotopic (exact) mass is 248 g/mol. The smallest absolute Gasteiger partial charge is 0.104 e. The van der Waals surface area contributed by atoms with Crippen LogP contribution in [-0.4, -0.2) is 24.6 Å². The van der Waals surface area contributed by atoms with Gasteiger partial charge in [-0.05, 0) is 19.8 Å². The molecule has 0 amide bonds. The Morgan fingerprint density at radius 3 is 2.17 bits per heavy atom. The molecule has 18 heavy (non-hydrogen) atoms. The van der Waals surface area contributed by atoms with Crippen molar-refractivity contribution in [2.45, 2.75) is 52.5 Å². The number of rotatable bonds is 9. The molecule has 0 aliphatic rings. The van der Waals surface area contributed by atoms with E-state index in [1.165, 1.54) is 61.8 Å². The van der Waals surface area contributed by atoms with E-state index in [0.717, 1.165) is 0 Å². The van der Waals surface area contributed by atoms with Gasteiger partial charge in [0, 0.05) is 5.56 Å². The second kappa shape index (κ2) is 8.31. The number of hydrogen-bond donors (Lipinski definition) is 0. The summed E-state index contributed by atoms with van der Waals surface area (Å²) < 4.78 is 1.18. The number of unbranched alkanes of at least 4 members (excludes halogenated alkanes) is 4. The van der Waals surface area contributed by atoms with Crippen molar-refractivity contribution >= 4 is 0 Å². The topological polar surface area (TPSA) is 0 Å². The SMILES string of the molecule is CCCCCCC[N+](C)(CC)Cc1ccccc1. The zero-order valence-electron chi connectivity index (χ0n) is 12.5. The van der Waals surface area contributed by atoms with Crippen molar-refractivity contribution < 1.29 is 4.48 Å². The van der Waals surface area contributed by atoms with E-state index in [0.29, 0.717) is 0 Å². The van der Waals surface area contributed by atoms with Crippen LogP contribution >= 0.6 is 0 Å². The third-order valence-corrected chi connectivity index (χ3v) is 3.97. The first-order chi connectivity index (χ1) is 8.70. The van der Waals surface area contributed by atoms with Crippen LogP contribution in [0.25, 0.3) is 0 Å². The average molecular weight is 248 g/mol. The van der Waals surface area contributed by atoms with Gasteiger partial charge < -0.3 is 4.48 Å². The molecule has 1 rings (SSSR count). The van der Waals surface area contributed by atoms with Gasteiger partial charge in [0.15, 0.2) is 0 Å². The van der Waals surface area contributed by atoms with Gasteiger partial charge in [-0.25, -0.2) is 0 Å². The largest absolute Gasteiger partial charge is 0.323 e. The summed E-state index contributed by atoms with van der Waals surface area (Å²) in [4.78, 5) is 0. The van der Waals surface area contributed by atoms with Gasteiger partial charge >= 0.3 is 0 Å². The van der Waals surface area contributed by atoms with Crippen LogP contribution in [0.3, 0.4) is 0 Å². The molecule has 0 spiro atoms. The number of benzene rings is 1. The normalized spacial score (nSPS) is 14.4. The Morgan fingerprint density at radius 1 is 0.889 bits per heavy atom. The maximum Gasteiger partial charge on any atom is 0.104 e. The van der Waals surface area contributed by atoms with Gasteiger partial charge in [0.1, 0.15) is 6.54 Å². The molecule has 1 aromatic rings. The summed E-state index contributed by atoms with van der Waals surface area (Å²) in [6.45, 7) is 8.31. The van der Waals surface area contributed by atoms with E-state index < -0.39 is 0 Å². The fourth-order valence-corrected chi connectivity index (χ4v) is 2.47. The highest BCUT2D eigenvalue weighted by Gasteiger charge is 2.18. The number of nitrogens with zero attached hydrogens (tertiary/aromatic N) is 1. The maximum atomic E-state index is 2.40. The Balaban J connectivity index is 2.37. The minimum Gasteiger partial charge on any atom is -0.323 e. The van der Waals surface area contributed by atoms with Crippen molar-refractivity contribution in [2.24, 2.45) is 0 Å². The second-order valence-corrected chi connectivity index (χ2v) is 5.72. The Kier molecular flexibility index (Phi) is 7.04. The molecule has 0 N–H and O–H groups in total. The minimum atomic E-state index is 1.17. The van der Waals surface area contributed by atoms with E-state index >= 15 is 0 Å². The highest BCUT2D eigenvalue weighted by Crippen LogP contribution is 2.14. The summed E-state index contributed by atoms with van der Waals surface area (Å²) in [6.07, 6.45) is 6.91. The van der Waals surface area contributed by atoms with Gasteiger partial charge in [0.25, 0.3) is 0 Å². The Hall–Kier alpha value is -0.820. The van der Waals surface area contributed by atoms with Gasteiger partial charge in [0.2, 0.25) is 0 Å². The van der Waals surface area contributed by atoms with E-state index in [9.17, 15) is 0 Å². The molecular weight excluding hydrogens is 218 g/mol. The van der Waals surface area contributed by atoms with Crippen LogP contribution in [0.5, 0.6) is 0 Å². The van der Waals surface area contributed by atoms with Gasteiger partial charge in [-0.3, -0.25) is 0 Å². The van der Waals surface area contributed by atoms with Crippen LogP contribution in [0, 0.1) is 0 Å². The molecule has 1 heteroatoms. The highest BCUT2D eigenvalue weighted by molar-refractivity contribution is 5.13. The van der Waals surface area contributed by atoms with Gasteiger partial charge in [0.05, 0.1) is 20.1 Å². The van der Waals surface area contributed by atoms with Crippen LogP contribution in [-0.2, 0) is 6.54 Å². The van der Waals surface area contributed by atoms with Crippen LogP contribution in [0.1, 0.15) is 51.5 Å². The molecular formula is C17H30N+. The zero-order valence-corrected chi connectivity index (χ0v) is 12.5. The summed E-state index contributed by atoms with van der Waals surface area (Å²) in [5.74, 6) is 0. The van der Waals surface area contributed by atoms with E-state index in [1.54, 1.807) is 0 Å². The Morgan fingerprint density at radius 2 is 1.56 bits per heavy atom. The molecule has 0 saturated carbocycles. The molecule has 0 aliphatic heterocycles. The van der Waals surface area contributed by atoms with E-state index in [2.05, 4.69) is 51.2 Å². The Labute approximate surface area is 113 Å². The van der Waals surface area contributed by atoms with Crippen LogP contribution in [0.4, 0.5) is 0 Å². The molecule has 0 radical (unpaired) electrons. The summed E-state index contributed by atoms with van der Waals surface area (Å²) in [5, 5.41) is 0. The zero-order chi connectivity index (χ0) is 13.3. The lowest BCUT2D eigenvalue weighted by molar-refractivity contribution is -0.921. The van der Waals surface area contributed by atoms with Crippen molar-refractivity contribution in [1.29, 1.82) is 0 Å². The van der Waals surface area contributed by atoms with Crippen molar-refractivity contribution in [3.63, 3.8) is 0 Å². The summed E-state index contributed by atoms with van der Waals surface area (Å²) in [7, 11) is 2.40. The molecule has 1 atom stereocenters. The standard InChI is InChI=1S/C17H30N/c1-4-6-7-8-12-15-18(3,5-2)16-17-13-10-9-11-14-17/h9-11,13-14H,4-8,12,15-16H2,1-3H3/q+1. The number of quaternary nitrogens is 1. The van der Waals surface area contributed by atoms with Crippen molar-refractivity contribution in [2.75, 3.05) is 20.1 Å². The third-order valence-electron chi connectivity index (χ3n) is 3.97. The molecule has 0 heterocycles. The third kappa shape index (κ3) is 5.68. The quantitative estimate of drug-likeness (QED) is 0.442. The maximum absolute atomic E-state index is 2.40. The molecule has 1 unspecified atom stereocenters. The first-order valence-corrected chi connectivity index (χ1v) is 7.57. The predicted octanol–water partition coefficient (Wildman–Crippen LogP) is 4.62. The fraction of sp³-hybridized carbons (Fsp3) is 0.647. The predicted molar refractivity (Wildman–Crippen MR) is 80.5 cm³/mol. The lowest BCUT2D eigenvalue weighted by Crippen LogP contribution is -2.43. The fourth-order valence-electron chi connectivity index (χ4n) is 2.47. The molecule has 1 aromatic carbocycles. The lowest BCUT2D eigenvalue weighted by atomic mass is 10.1. The first kappa shape index (κ1) is 15.2. The summed E-state index contributed by atoms with van der Waals surface area (Å²) in [5.41, 5.74) is 1.47. The van der Waals surface area contributed by atoms with Crippen molar-refractivity contribution in [3.8, 4) is 0 Å². The van der Waals surface area contributed by atoms with Gasteiger partial charge in [-0.15, -0.1) is 0 Å². The number of hydrogen-bond acceptors (Lipinski definition) is 0. The van der Waals surface area contributed by atoms with Crippen LogP contribution in [0.2, 0.25) is 0 Å². The molecule has 0 saturated heterocycles. The molecule has 0 aliphatic carbocycles. The first-order valence-electron chi connectivity index (χ1n) is 7.57. The van der Waals surface area contributed by atoms with Gasteiger partial charge in [-0.1, -0.05) is 56.5 Å². The van der Waals surface area contributed by atoms with Gasteiger partial charge in [-0.2, -0.15) is 0 Å². The summed E-state index contributed by atoms with van der Waals surface area (Å²) >= 11 is 0. The van der Waals surface area contributed by atoms with Crippen LogP contribution in [0.15, 0.2) is 30.3 Å². The minimum absolute atomic E-state index is 1.17.